The number of rotatable bonds is 7. The van der Waals surface area contributed by atoms with Gasteiger partial charge in [0, 0.05) is 24.3 Å². The molecule has 0 spiro atoms. The molecule has 4 rings (SSSR count). The molecule has 3 aromatic rings. The Hall–Kier alpha value is -3.11. The molecule has 1 aliphatic carbocycles. The molecule has 1 N–H and O–H groups in total. The fourth-order valence-electron chi connectivity index (χ4n) is 3.86. The van der Waals surface area contributed by atoms with Crippen LogP contribution < -0.4 is 5.32 Å². The standard InChI is InChI=1S/C22H26N6O3S/c1-27(19-10-6-3-7-11-19)32(30,31)20-14-12-18(13-15-20)23-21(29)16-28-25-22(24-26-28)17-8-4-2-5-9-17/h2,4-5,8-9,12-15,19H,3,6-7,10-11,16H2,1H3,(H,23,29). The number of aromatic nitrogens is 4. The van der Waals surface area contributed by atoms with E-state index in [1.165, 1.54) is 21.2 Å². The first kappa shape index (κ1) is 22.1. The van der Waals surface area contributed by atoms with Gasteiger partial charge in [0.2, 0.25) is 21.8 Å². The van der Waals surface area contributed by atoms with Gasteiger partial charge in [0.15, 0.2) is 0 Å². The van der Waals surface area contributed by atoms with Gasteiger partial charge in [-0.05, 0) is 42.3 Å². The molecule has 0 bridgehead atoms. The third-order valence-electron chi connectivity index (χ3n) is 5.67. The lowest BCUT2D eigenvalue weighted by Crippen LogP contribution is -2.38. The minimum absolute atomic E-state index is 0.0455. The largest absolute Gasteiger partial charge is 0.324 e. The van der Waals surface area contributed by atoms with E-state index >= 15 is 0 Å². The normalized spacial score (nSPS) is 15.1. The third kappa shape index (κ3) is 5.03. The number of amides is 1. The van der Waals surface area contributed by atoms with Crippen molar-refractivity contribution in [2.45, 2.75) is 49.6 Å². The second-order valence-corrected chi connectivity index (χ2v) is 9.89. The van der Waals surface area contributed by atoms with Gasteiger partial charge < -0.3 is 5.32 Å². The van der Waals surface area contributed by atoms with Crippen LogP contribution in [0.15, 0.2) is 59.5 Å². The lowest BCUT2D eigenvalue weighted by atomic mass is 9.96. The summed E-state index contributed by atoms with van der Waals surface area (Å²) >= 11 is 0. The maximum absolute atomic E-state index is 12.9. The van der Waals surface area contributed by atoms with Crippen molar-refractivity contribution in [2.75, 3.05) is 12.4 Å². The Morgan fingerprint density at radius 1 is 1.06 bits per heavy atom. The van der Waals surface area contributed by atoms with E-state index in [1.54, 1.807) is 19.2 Å². The Bertz CT molecular complexity index is 1160. The number of benzene rings is 2. The van der Waals surface area contributed by atoms with Crippen LogP contribution in [-0.4, -0.2) is 51.9 Å². The van der Waals surface area contributed by atoms with Gasteiger partial charge in [-0.1, -0.05) is 49.6 Å². The first-order valence-corrected chi connectivity index (χ1v) is 12.1. The van der Waals surface area contributed by atoms with Crippen molar-refractivity contribution in [1.29, 1.82) is 0 Å². The number of carbonyl (C=O) groups is 1. The van der Waals surface area contributed by atoms with Gasteiger partial charge in [-0.2, -0.15) is 9.10 Å². The first-order chi connectivity index (χ1) is 15.4. The molecule has 1 aromatic heterocycles. The van der Waals surface area contributed by atoms with Gasteiger partial charge >= 0.3 is 0 Å². The zero-order chi connectivity index (χ0) is 22.6. The maximum atomic E-state index is 12.9. The van der Waals surface area contributed by atoms with Gasteiger partial charge in [0.05, 0.1) is 4.90 Å². The number of nitrogens with one attached hydrogen (secondary N) is 1. The van der Waals surface area contributed by atoms with Crippen LogP contribution in [0.3, 0.4) is 0 Å². The molecule has 2 aromatic carbocycles. The summed E-state index contributed by atoms with van der Waals surface area (Å²) in [6, 6.07) is 15.6. The summed E-state index contributed by atoms with van der Waals surface area (Å²) in [5, 5.41) is 14.8. The number of tetrazole rings is 1. The highest BCUT2D eigenvalue weighted by atomic mass is 32.2. The van der Waals surface area contributed by atoms with Crippen LogP contribution in [0, 0.1) is 0 Å². The molecule has 0 radical (unpaired) electrons. The van der Waals surface area contributed by atoms with Crippen LogP contribution in [0.4, 0.5) is 5.69 Å². The summed E-state index contributed by atoms with van der Waals surface area (Å²) < 4.78 is 27.4. The van der Waals surface area contributed by atoms with Crippen LogP contribution in [0.2, 0.25) is 0 Å². The Kier molecular flexibility index (Phi) is 6.61. The van der Waals surface area contributed by atoms with Gasteiger partial charge in [-0.3, -0.25) is 4.79 Å². The number of carbonyl (C=O) groups excluding carboxylic acids is 1. The Balaban J connectivity index is 1.37. The molecule has 1 saturated carbocycles. The summed E-state index contributed by atoms with van der Waals surface area (Å²) in [5.41, 5.74) is 1.31. The topological polar surface area (TPSA) is 110 Å². The Morgan fingerprint density at radius 2 is 1.75 bits per heavy atom. The number of nitrogens with zero attached hydrogens (tertiary/aromatic N) is 5. The number of anilines is 1. The third-order valence-corrected chi connectivity index (χ3v) is 7.60. The zero-order valence-corrected chi connectivity index (χ0v) is 18.7. The quantitative estimate of drug-likeness (QED) is 0.588. The molecule has 168 valence electrons. The number of sulfonamides is 1. The van der Waals surface area contributed by atoms with Gasteiger partial charge in [-0.25, -0.2) is 8.42 Å². The first-order valence-electron chi connectivity index (χ1n) is 10.6. The molecule has 32 heavy (non-hydrogen) atoms. The molecule has 9 nitrogen and oxygen atoms in total. The maximum Gasteiger partial charge on any atom is 0.248 e. The molecule has 10 heteroatoms. The van der Waals surface area contributed by atoms with E-state index in [0.29, 0.717) is 11.5 Å². The average molecular weight is 455 g/mol. The lowest BCUT2D eigenvalue weighted by Gasteiger charge is -2.30. The fraction of sp³-hybridized carbons (Fsp3) is 0.364. The second kappa shape index (κ2) is 9.58. The van der Waals surface area contributed by atoms with Crippen molar-refractivity contribution in [1.82, 2.24) is 24.5 Å². The highest BCUT2D eigenvalue weighted by Crippen LogP contribution is 2.27. The van der Waals surface area contributed by atoms with Crippen molar-refractivity contribution in [3.05, 3.63) is 54.6 Å². The fourth-order valence-corrected chi connectivity index (χ4v) is 5.28. The van der Waals surface area contributed by atoms with Crippen molar-refractivity contribution in [2.24, 2.45) is 0 Å². The molecule has 1 aliphatic rings. The highest BCUT2D eigenvalue weighted by molar-refractivity contribution is 7.89. The number of hydrogen-bond donors (Lipinski definition) is 1. The molecule has 0 aliphatic heterocycles. The molecule has 1 amide bonds. The Morgan fingerprint density at radius 3 is 2.44 bits per heavy atom. The summed E-state index contributed by atoms with van der Waals surface area (Å²) in [6.07, 6.45) is 5.07. The predicted molar refractivity (Wildman–Crippen MR) is 120 cm³/mol. The van der Waals surface area contributed by atoms with Crippen molar-refractivity contribution < 1.29 is 13.2 Å². The van der Waals surface area contributed by atoms with E-state index in [4.69, 9.17) is 0 Å². The van der Waals surface area contributed by atoms with Crippen LogP contribution in [0.1, 0.15) is 32.1 Å². The number of hydrogen-bond acceptors (Lipinski definition) is 6. The summed E-state index contributed by atoms with van der Waals surface area (Å²) in [5.74, 6) is 0.104. The molecular formula is C22H26N6O3S. The molecule has 1 heterocycles. The van der Waals surface area contributed by atoms with Crippen LogP contribution >= 0.6 is 0 Å². The molecule has 0 unspecified atom stereocenters. The highest BCUT2D eigenvalue weighted by Gasteiger charge is 2.28. The average Bonchev–Trinajstić information content (AvgIpc) is 3.28. The Labute approximate surface area is 187 Å². The van der Waals surface area contributed by atoms with Crippen molar-refractivity contribution in [3.63, 3.8) is 0 Å². The predicted octanol–water partition coefficient (Wildman–Crippen LogP) is 2.93. The van der Waals surface area contributed by atoms with Gasteiger partial charge in [0.25, 0.3) is 0 Å². The van der Waals surface area contributed by atoms with Crippen LogP contribution in [0.5, 0.6) is 0 Å². The second-order valence-electron chi connectivity index (χ2n) is 7.90. The van der Waals surface area contributed by atoms with E-state index < -0.39 is 10.0 Å². The molecular weight excluding hydrogens is 428 g/mol. The lowest BCUT2D eigenvalue weighted by molar-refractivity contribution is -0.117. The van der Waals surface area contributed by atoms with Crippen LogP contribution in [0.25, 0.3) is 11.4 Å². The van der Waals surface area contributed by atoms with Gasteiger partial charge in [-0.15, -0.1) is 10.2 Å². The van der Waals surface area contributed by atoms with E-state index in [-0.39, 0.29) is 23.4 Å². The zero-order valence-electron chi connectivity index (χ0n) is 17.9. The van der Waals surface area contributed by atoms with E-state index in [0.717, 1.165) is 37.7 Å². The summed E-state index contributed by atoms with van der Waals surface area (Å²) in [4.78, 5) is 13.8. The summed E-state index contributed by atoms with van der Waals surface area (Å²) in [6.45, 7) is -0.107. The van der Waals surface area contributed by atoms with Crippen LogP contribution in [-0.2, 0) is 21.4 Å². The van der Waals surface area contributed by atoms with Gasteiger partial charge in [0.1, 0.15) is 6.54 Å². The monoisotopic (exact) mass is 454 g/mol. The van der Waals surface area contributed by atoms with Crippen molar-refractivity contribution in [3.8, 4) is 11.4 Å². The molecule has 0 atom stereocenters. The van der Waals surface area contributed by atoms with E-state index in [2.05, 4.69) is 20.7 Å². The minimum atomic E-state index is -3.57. The molecule has 1 fully saturated rings. The van der Waals surface area contributed by atoms with Crippen molar-refractivity contribution >= 4 is 21.6 Å². The van der Waals surface area contributed by atoms with E-state index in [9.17, 15) is 13.2 Å². The minimum Gasteiger partial charge on any atom is -0.324 e. The van der Waals surface area contributed by atoms with E-state index in [1.807, 2.05) is 30.3 Å². The SMILES string of the molecule is CN(C1CCCCC1)S(=O)(=O)c1ccc(NC(=O)Cn2nnc(-c3ccccc3)n2)cc1. The summed E-state index contributed by atoms with van der Waals surface area (Å²) in [7, 11) is -1.92. The smallest absolute Gasteiger partial charge is 0.248 e. The molecule has 0 saturated heterocycles.